The molecule has 134 valence electrons. The summed E-state index contributed by atoms with van der Waals surface area (Å²) in [6.45, 7) is 0. The van der Waals surface area contributed by atoms with Crippen molar-refractivity contribution in [2.75, 3.05) is 5.01 Å². The first kappa shape index (κ1) is 15.6. The van der Waals surface area contributed by atoms with Gasteiger partial charge in [0.15, 0.2) is 5.66 Å². The molecule has 0 aromatic heterocycles. The second kappa shape index (κ2) is 5.16. The van der Waals surface area contributed by atoms with Crippen LogP contribution in [0, 0.1) is 0 Å². The van der Waals surface area contributed by atoms with Gasteiger partial charge in [0.2, 0.25) is 5.91 Å². The molecule has 8 nitrogen and oxygen atoms in total. The van der Waals surface area contributed by atoms with Crippen LogP contribution in [-0.2, 0) is 11.2 Å². The first-order valence-electron chi connectivity index (χ1n) is 8.74. The average molecular weight is 352 g/mol. The smallest absolute Gasteiger partial charge is 0.255 e. The maximum Gasteiger partial charge on any atom is 0.255 e. The number of primary amides is 2. The van der Waals surface area contributed by atoms with Crippen molar-refractivity contribution in [1.82, 2.24) is 16.3 Å². The monoisotopic (exact) mass is 352 g/mol. The fourth-order valence-electron chi connectivity index (χ4n) is 4.53. The fraction of sp³-hybridized carbons (Fsp3) is 0.333. The third-order valence-electron chi connectivity index (χ3n) is 5.82. The largest absolute Gasteiger partial charge is 0.367 e. The highest BCUT2D eigenvalue weighted by atomic mass is 16.2. The predicted octanol–water partition coefficient (Wildman–Crippen LogP) is -0.374. The lowest BCUT2D eigenvalue weighted by molar-refractivity contribution is -0.125. The van der Waals surface area contributed by atoms with E-state index in [9.17, 15) is 9.59 Å². The maximum atomic E-state index is 12.1. The molecular formula is C18H20N6O2. The van der Waals surface area contributed by atoms with E-state index in [0.717, 1.165) is 29.3 Å². The number of amides is 2. The Labute approximate surface area is 149 Å². The van der Waals surface area contributed by atoms with Crippen molar-refractivity contribution in [2.45, 2.75) is 37.0 Å². The third kappa shape index (κ3) is 2.00. The van der Waals surface area contributed by atoms with Crippen LogP contribution in [0.15, 0.2) is 30.3 Å². The molecular weight excluding hydrogens is 332 g/mol. The summed E-state index contributed by atoms with van der Waals surface area (Å²) in [4.78, 5) is 24.0. The number of fused-ring (bicyclic) bond motifs is 5. The Kier molecular flexibility index (Phi) is 3.09. The molecule has 0 spiro atoms. The van der Waals surface area contributed by atoms with Gasteiger partial charge in [-0.2, -0.15) is 0 Å². The highest BCUT2D eigenvalue weighted by Gasteiger charge is 2.54. The molecule has 3 atom stereocenters. The van der Waals surface area contributed by atoms with E-state index < -0.39 is 17.5 Å². The van der Waals surface area contributed by atoms with Gasteiger partial charge in [-0.15, -0.1) is 0 Å². The Bertz CT molecular complexity index is 960. The van der Waals surface area contributed by atoms with Crippen molar-refractivity contribution < 1.29 is 9.59 Å². The SMILES string of the molecule is NC(=O)c1cc2c3c(cccc3c1)CCC1C3CC(C(N)=O)(NN3)NN21. The molecule has 3 aliphatic rings. The Morgan fingerprint density at radius 1 is 1.23 bits per heavy atom. The summed E-state index contributed by atoms with van der Waals surface area (Å²) >= 11 is 0. The summed E-state index contributed by atoms with van der Waals surface area (Å²) in [6, 6.07) is 9.89. The van der Waals surface area contributed by atoms with E-state index in [2.05, 4.69) is 22.3 Å². The zero-order chi connectivity index (χ0) is 18.1. The number of carbonyl (C=O) groups excluding carboxylic acids is 2. The minimum absolute atomic E-state index is 0.0605. The lowest BCUT2D eigenvalue weighted by Crippen LogP contribution is -2.71. The van der Waals surface area contributed by atoms with Crippen LogP contribution in [0.2, 0.25) is 0 Å². The van der Waals surface area contributed by atoms with Crippen LogP contribution < -0.4 is 32.8 Å². The van der Waals surface area contributed by atoms with Gasteiger partial charge in [-0.1, -0.05) is 18.2 Å². The van der Waals surface area contributed by atoms with Crippen LogP contribution in [0.1, 0.15) is 28.8 Å². The summed E-state index contributed by atoms with van der Waals surface area (Å²) < 4.78 is 0. The first-order valence-corrected chi connectivity index (χ1v) is 8.74. The minimum Gasteiger partial charge on any atom is -0.367 e. The van der Waals surface area contributed by atoms with Crippen LogP contribution in [0.25, 0.3) is 10.8 Å². The van der Waals surface area contributed by atoms with E-state index in [-0.39, 0.29) is 12.1 Å². The summed E-state index contributed by atoms with van der Waals surface area (Å²) in [5, 5.41) is 4.04. The van der Waals surface area contributed by atoms with Gasteiger partial charge < -0.3 is 16.5 Å². The van der Waals surface area contributed by atoms with Gasteiger partial charge >= 0.3 is 0 Å². The predicted molar refractivity (Wildman–Crippen MR) is 96.8 cm³/mol. The zero-order valence-electron chi connectivity index (χ0n) is 14.1. The van der Waals surface area contributed by atoms with Gasteiger partial charge in [-0.25, -0.2) is 10.9 Å². The summed E-state index contributed by atoms with van der Waals surface area (Å²) in [7, 11) is 0. The average Bonchev–Trinajstić information content (AvgIpc) is 2.90. The lowest BCUT2D eigenvalue weighted by Gasteiger charge is -2.44. The van der Waals surface area contributed by atoms with E-state index in [0.29, 0.717) is 12.0 Å². The minimum atomic E-state index is -1.05. The Hall–Kier alpha value is -2.68. The van der Waals surface area contributed by atoms with E-state index in [1.165, 1.54) is 5.56 Å². The standard InChI is InChI=1S/C18H20N6O2/c19-16(25)11-6-10-3-1-2-9-4-5-13-12-8-18(17(20)26,22-21-12)23-24(13)14(7-11)15(9)10/h1-3,6-7,12-13,21-23H,4-5,8H2,(H2,19,25)(H2,20,26). The van der Waals surface area contributed by atoms with Gasteiger partial charge in [0.25, 0.3) is 5.91 Å². The van der Waals surface area contributed by atoms with Crippen LogP contribution in [0.4, 0.5) is 5.69 Å². The topological polar surface area (TPSA) is 126 Å². The van der Waals surface area contributed by atoms with Crippen molar-refractivity contribution in [2.24, 2.45) is 11.5 Å². The quantitative estimate of drug-likeness (QED) is 0.502. The molecule has 8 heteroatoms. The van der Waals surface area contributed by atoms with Crippen molar-refractivity contribution >= 4 is 28.3 Å². The number of hydrazine groups is 2. The molecule has 7 N–H and O–H groups in total. The second-order valence-electron chi connectivity index (χ2n) is 7.31. The molecule has 2 saturated heterocycles. The van der Waals surface area contributed by atoms with E-state index in [1.807, 2.05) is 23.2 Å². The zero-order valence-corrected chi connectivity index (χ0v) is 14.1. The number of anilines is 1. The van der Waals surface area contributed by atoms with E-state index >= 15 is 0 Å². The summed E-state index contributed by atoms with van der Waals surface area (Å²) in [6.07, 6.45) is 2.38. The molecule has 2 bridgehead atoms. The number of aryl methyl sites for hydroxylation is 1. The van der Waals surface area contributed by atoms with Crippen LogP contribution in [0.3, 0.4) is 0 Å². The van der Waals surface area contributed by atoms with Crippen LogP contribution in [-0.4, -0.2) is 29.6 Å². The highest BCUT2D eigenvalue weighted by molar-refractivity contribution is 6.05. The molecule has 26 heavy (non-hydrogen) atoms. The number of nitrogens with one attached hydrogen (secondary N) is 3. The molecule has 3 heterocycles. The number of nitrogens with two attached hydrogens (primary N) is 2. The van der Waals surface area contributed by atoms with Crippen molar-refractivity contribution in [1.29, 1.82) is 0 Å². The normalized spacial score (nSPS) is 29.3. The van der Waals surface area contributed by atoms with Gasteiger partial charge in [0.05, 0.1) is 11.7 Å². The van der Waals surface area contributed by atoms with Crippen LogP contribution in [0.5, 0.6) is 0 Å². The van der Waals surface area contributed by atoms with Gasteiger partial charge in [-0.05, 0) is 35.9 Å². The molecule has 0 aliphatic carbocycles. The van der Waals surface area contributed by atoms with Crippen molar-refractivity contribution in [3.05, 3.63) is 41.5 Å². The molecule has 5 rings (SSSR count). The number of carbonyl (C=O) groups is 2. The number of hydrogen-bond donors (Lipinski definition) is 5. The molecule has 2 aromatic carbocycles. The van der Waals surface area contributed by atoms with Gasteiger partial charge in [0, 0.05) is 23.4 Å². The number of hydrogen-bond acceptors (Lipinski definition) is 6. The number of nitrogens with zero attached hydrogens (tertiary/aromatic N) is 1. The molecule has 0 radical (unpaired) electrons. The molecule has 3 aliphatic heterocycles. The maximum absolute atomic E-state index is 12.1. The van der Waals surface area contributed by atoms with Gasteiger partial charge in [-0.3, -0.25) is 15.0 Å². The third-order valence-corrected chi connectivity index (χ3v) is 5.82. The summed E-state index contributed by atoms with van der Waals surface area (Å²) in [5.74, 6) is -0.944. The first-order chi connectivity index (χ1) is 12.5. The Morgan fingerprint density at radius 2 is 2.08 bits per heavy atom. The Balaban J connectivity index is 1.75. The highest BCUT2D eigenvalue weighted by Crippen LogP contribution is 2.40. The Morgan fingerprint density at radius 3 is 2.85 bits per heavy atom. The molecule has 2 fully saturated rings. The fourth-order valence-corrected chi connectivity index (χ4v) is 4.53. The molecule has 2 aromatic rings. The van der Waals surface area contributed by atoms with E-state index in [4.69, 9.17) is 11.5 Å². The van der Waals surface area contributed by atoms with Crippen molar-refractivity contribution in [3.8, 4) is 0 Å². The molecule has 3 unspecified atom stereocenters. The van der Waals surface area contributed by atoms with Gasteiger partial charge in [0.1, 0.15) is 0 Å². The number of benzene rings is 2. The molecule has 2 amide bonds. The van der Waals surface area contributed by atoms with E-state index in [1.54, 1.807) is 6.07 Å². The number of rotatable bonds is 2. The second-order valence-corrected chi connectivity index (χ2v) is 7.31. The van der Waals surface area contributed by atoms with Crippen molar-refractivity contribution in [3.63, 3.8) is 0 Å². The lowest BCUT2D eigenvalue weighted by atomic mass is 9.92. The van der Waals surface area contributed by atoms with Crippen LogP contribution >= 0.6 is 0 Å². The molecule has 0 saturated carbocycles. The summed E-state index contributed by atoms with van der Waals surface area (Å²) in [5.41, 5.74) is 22.2.